The molecule has 7 rings (SSSR count). The van der Waals surface area contributed by atoms with Gasteiger partial charge < -0.3 is 10.2 Å². The van der Waals surface area contributed by atoms with Gasteiger partial charge in [0.1, 0.15) is 11.5 Å². The minimum atomic E-state index is -0.400. The third kappa shape index (κ3) is 6.27. The van der Waals surface area contributed by atoms with Gasteiger partial charge in [-0.1, -0.05) is 132 Å². The van der Waals surface area contributed by atoms with E-state index >= 15 is 0 Å². The van der Waals surface area contributed by atoms with E-state index in [0.29, 0.717) is 35.2 Å². The molecule has 4 aliphatic carbocycles. The lowest BCUT2D eigenvalue weighted by molar-refractivity contribution is 0.391. The van der Waals surface area contributed by atoms with Gasteiger partial charge in [0.15, 0.2) is 0 Å². The average Bonchev–Trinajstić information content (AvgIpc) is 3.13. The van der Waals surface area contributed by atoms with E-state index < -0.39 is 5.41 Å². The summed E-state index contributed by atoms with van der Waals surface area (Å²) < 4.78 is 0. The van der Waals surface area contributed by atoms with Crippen LogP contribution in [0.5, 0.6) is 11.5 Å². The Morgan fingerprint density at radius 1 is 0.413 bits per heavy atom. The number of phenols is 2. The number of benzene rings is 3. The predicted molar refractivity (Wildman–Crippen MR) is 192 cm³/mol. The van der Waals surface area contributed by atoms with Crippen LogP contribution in [0.3, 0.4) is 0 Å². The summed E-state index contributed by atoms with van der Waals surface area (Å²) in [7, 11) is 0. The van der Waals surface area contributed by atoms with Gasteiger partial charge in [-0.2, -0.15) is 0 Å². The lowest BCUT2D eigenvalue weighted by Crippen LogP contribution is -2.27. The van der Waals surface area contributed by atoms with Crippen LogP contribution in [0.1, 0.15) is 198 Å². The molecule has 0 atom stereocenters. The molecule has 246 valence electrons. The van der Waals surface area contributed by atoms with Crippen LogP contribution in [0.2, 0.25) is 0 Å². The maximum absolute atomic E-state index is 12.1. The molecular formula is C44H58O2. The predicted octanol–water partition coefficient (Wildman–Crippen LogP) is 12.6. The second-order valence-corrected chi connectivity index (χ2v) is 15.8. The van der Waals surface area contributed by atoms with Gasteiger partial charge in [-0.15, -0.1) is 0 Å². The van der Waals surface area contributed by atoms with Crippen LogP contribution < -0.4 is 0 Å². The van der Waals surface area contributed by atoms with Crippen molar-refractivity contribution in [2.75, 3.05) is 0 Å². The third-order valence-electron chi connectivity index (χ3n) is 13.0. The Bertz CT molecular complexity index is 1280. The molecule has 2 nitrogen and oxygen atoms in total. The smallest absolute Gasteiger partial charge is 0.122 e. The first-order valence-corrected chi connectivity index (χ1v) is 19.3. The SMILES string of the molecule is CC(c1ccccc1)(c1cc(C2CCCCC2)c(O)c(C2CCCCC2)c1)c1cc(C2CCCCC2)c(O)c(C2CCCCC2)c1. The Labute approximate surface area is 279 Å². The quantitative estimate of drug-likeness (QED) is 0.259. The van der Waals surface area contributed by atoms with Crippen LogP contribution >= 0.6 is 0 Å². The van der Waals surface area contributed by atoms with Crippen LogP contribution in [-0.4, -0.2) is 10.2 Å². The van der Waals surface area contributed by atoms with Crippen LogP contribution in [-0.2, 0) is 5.41 Å². The molecule has 0 bridgehead atoms. The fraction of sp³-hybridized carbons (Fsp3) is 0.591. The van der Waals surface area contributed by atoms with Crippen molar-refractivity contribution >= 4 is 0 Å². The molecule has 4 fully saturated rings. The lowest BCUT2D eigenvalue weighted by atomic mass is 9.66. The Morgan fingerprint density at radius 2 is 0.696 bits per heavy atom. The standard InChI is InChI=1S/C44H58O2/c1-44(35-25-15-6-16-26-35,36-27-38(31-17-7-2-8-18-31)42(45)39(28-36)32-19-9-3-10-20-32)37-29-40(33-21-11-4-12-22-33)43(46)41(30-37)34-23-13-5-14-24-34/h6,15-16,25-34,45-46H,2-5,7-14,17-24H2,1H3. The van der Waals surface area contributed by atoms with E-state index in [4.69, 9.17) is 0 Å². The topological polar surface area (TPSA) is 40.5 Å². The van der Waals surface area contributed by atoms with Gasteiger partial charge in [0.25, 0.3) is 0 Å². The molecule has 0 radical (unpaired) electrons. The maximum Gasteiger partial charge on any atom is 0.122 e. The van der Waals surface area contributed by atoms with Gasteiger partial charge in [-0.25, -0.2) is 0 Å². The molecule has 4 saturated carbocycles. The second kappa shape index (κ2) is 14.2. The zero-order valence-electron chi connectivity index (χ0n) is 28.5. The van der Waals surface area contributed by atoms with Gasteiger partial charge in [0, 0.05) is 5.41 Å². The van der Waals surface area contributed by atoms with Crippen LogP contribution in [0.25, 0.3) is 0 Å². The molecule has 0 saturated heterocycles. The van der Waals surface area contributed by atoms with E-state index in [1.54, 1.807) is 0 Å². The molecule has 3 aromatic rings. The van der Waals surface area contributed by atoms with Crippen molar-refractivity contribution in [2.24, 2.45) is 0 Å². The van der Waals surface area contributed by atoms with E-state index in [1.807, 2.05) is 0 Å². The fourth-order valence-corrected chi connectivity index (χ4v) is 10.1. The van der Waals surface area contributed by atoms with Crippen molar-refractivity contribution in [1.29, 1.82) is 0 Å². The molecule has 2 N–H and O–H groups in total. The van der Waals surface area contributed by atoms with E-state index in [2.05, 4.69) is 61.5 Å². The Kier molecular flexibility index (Phi) is 9.81. The maximum atomic E-state index is 12.1. The van der Waals surface area contributed by atoms with Gasteiger partial charge in [-0.05, 0) is 121 Å². The average molecular weight is 619 g/mol. The first-order valence-electron chi connectivity index (χ1n) is 19.3. The molecule has 0 heterocycles. The highest BCUT2D eigenvalue weighted by Crippen LogP contribution is 2.51. The summed E-state index contributed by atoms with van der Waals surface area (Å²) in [5.74, 6) is 2.96. The first-order chi connectivity index (χ1) is 22.5. The fourth-order valence-electron chi connectivity index (χ4n) is 10.1. The van der Waals surface area contributed by atoms with Crippen LogP contribution in [0.4, 0.5) is 0 Å². The van der Waals surface area contributed by atoms with E-state index in [1.165, 1.54) is 167 Å². The summed E-state index contributed by atoms with van der Waals surface area (Å²) in [6.45, 7) is 2.45. The summed E-state index contributed by atoms with van der Waals surface area (Å²) >= 11 is 0. The minimum Gasteiger partial charge on any atom is -0.507 e. The summed E-state index contributed by atoms with van der Waals surface area (Å²) in [5.41, 5.74) is 8.39. The monoisotopic (exact) mass is 618 g/mol. The van der Waals surface area contributed by atoms with Crippen molar-refractivity contribution in [2.45, 2.75) is 164 Å². The molecule has 0 aliphatic heterocycles. The number of aromatic hydroxyl groups is 2. The summed E-state index contributed by atoms with van der Waals surface area (Å²) in [5, 5.41) is 24.1. The number of rotatable bonds is 7. The summed E-state index contributed by atoms with van der Waals surface area (Å²) in [6.07, 6.45) is 24.8. The van der Waals surface area contributed by atoms with Crippen molar-refractivity contribution in [1.82, 2.24) is 0 Å². The number of phenolic OH excluding ortho intramolecular Hbond substituents is 2. The van der Waals surface area contributed by atoms with Crippen LogP contribution in [0.15, 0.2) is 54.6 Å². The van der Waals surface area contributed by atoms with E-state index in [-0.39, 0.29) is 0 Å². The molecule has 0 unspecified atom stereocenters. The molecule has 0 spiro atoms. The highest BCUT2D eigenvalue weighted by atomic mass is 16.3. The van der Waals surface area contributed by atoms with Crippen molar-refractivity contribution in [3.8, 4) is 11.5 Å². The van der Waals surface area contributed by atoms with Crippen LogP contribution in [0, 0.1) is 0 Å². The normalized spacial score (nSPS) is 21.4. The summed E-state index contributed by atoms with van der Waals surface area (Å²) in [6, 6.07) is 20.9. The Balaban J connectivity index is 1.45. The largest absolute Gasteiger partial charge is 0.507 e. The van der Waals surface area contributed by atoms with Gasteiger partial charge in [0.05, 0.1) is 0 Å². The molecular weight excluding hydrogens is 560 g/mol. The Morgan fingerprint density at radius 3 is 0.978 bits per heavy atom. The molecule has 3 aromatic carbocycles. The van der Waals surface area contributed by atoms with Crippen molar-refractivity contribution in [3.05, 3.63) is 93.5 Å². The molecule has 0 aromatic heterocycles. The molecule has 4 aliphatic rings. The molecule has 0 amide bonds. The zero-order chi connectivity index (χ0) is 31.5. The molecule has 46 heavy (non-hydrogen) atoms. The molecule has 2 heteroatoms. The zero-order valence-corrected chi connectivity index (χ0v) is 28.5. The van der Waals surface area contributed by atoms with Crippen molar-refractivity contribution < 1.29 is 10.2 Å². The van der Waals surface area contributed by atoms with E-state index in [0.717, 1.165) is 0 Å². The minimum absolute atomic E-state index is 0.400. The number of hydrogen-bond donors (Lipinski definition) is 2. The lowest BCUT2D eigenvalue weighted by Gasteiger charge is -2.37. The van der Waals surface area contributed by atoms with Crippen molar-refractivity contribution in [3.63, 3.8) is 0 Å². The van der Waals surface area contributed by atoms with E-state index in [9.17, 15) is 10.2 Å². The van der Waals surface area contributed by atoms with Gasteiger partial charge >= 0.3 is 0 Å². The highest BCUT2D eigenvalue weighted by molar-refractivity contribution is 5.59. The number of hydrogen-bond acceptors (Lipinski definition) is 2. The Hall–Kier alpha value is -2.74. The van der Waals surface area contributed by atoms with Gasteiger partial charge in [0.2, 0.25) is 0 Å². The van der Waals surface area contributed by atoms with Gasteiger partial charge in [-0.3, -0.25) is 0 Å². The summed E-state index contributed by atoms with van der Waals surface area (Å²) in [4.78, 5) is 0. The first kappa shape index (κ1) is 31.8. The highest BCUT2D eigenvalue weighted by Gasteiger charge is 2.37. The third-order valence-corrected chi connectivity index (χ3v) is 13.0. The second-order valence-electron chi connectivity index (χ2n) is 15.8.